The highest BCUT2D eigenvalue weighted by Crippen LogP contribution is 2.33. The third-order valence-electron chi connectivity index (χ3n) is 4.84. The minimum Gasteiger partial charge on any atom is -0.494 e. The number of ether oxygens (including phenoxy) is 1. The number of hydrogen-bond donors (Lipinski definition) is 2. The van der Waals surface area contributed by atoms with Gasteiger partial charge < -0.3 is 15.4 Å². The number of nitrogens with zero attached hydrogens (tertiary/aromatic N) is 1. The molecule has 182 valence electrons. The van der Waals surface area contributed by atoms with Gasteiger partial charge in [0.1, 0.15) is 19.6 Å². The summed E-state index contributed by atoms with van der Waals surface area (Å²) in [5.41, 5.74) is 4.43. The summed E-state index contributed by atoms with van der Waals surface area (Å²) in [6.07, 6.45) is 0. The second-order valence-electron chi connectivity index (χ2n) is 8.82. The van der Waals surface area contributed by atoms with Crippen LogP contribution in [0, 0.1) is 28.6 Å². The molecule has 0 saturated carbocycles. The Morgan fingerprint density at radius 3 is 2.17 bits per heavy atom. The highest BCUT2D eigenvalue weighted by molar-refractivity contribution is 6.83. The minimum absolute atomic E-state index is 0.0179. The van der Waals surface area contributed by atoms with Crippen LogP contribution >= 0.6 is 11.6 Å². The molecule has 6 nitrogen and oxygen atoms in total. The first-order chi connectivity index (χ1) is 17.0. The van der Waals surface area contributed by atoms with Crippen molar-refractivity contribution < 1.29 is 18.7 Å². The Morgan fingerprint density at radius 2 is 1.58 bits per heavy atom. The van der Waals surface area contributed by atoms with Crippen LogP contribution in [0.3, 0.4) is 0 Å². The predicted molar refractivity (Wildman–Crippen MR) is 142 cm³/mol. The Bertz CT molecular complexity index is 1430. The van der Waals surface area contributed by atoms with Crippen LogP contribution in [-0.2, 0) is 0 Å². The largest absolute Gasteiger partial charge is 0.494 e. The number of benzene rings is 3. The zero-order valence-corrected chi connectivity index (χ0v) is 21.9. The van der Waals surface area contributed by atoms with E-state index in [9.17, 15) is 14.0 Å². The number of amides is 2. The fraction of sp³-hybridized carbons (Fsp3) is 0.148. The van der Waals surface area contributed by atoms with Crippen molar-refractivity contribution in [3.8, 4) is 23.3 Å². The number of carbonyl (C=O) groups is 2. The molecular formula is C27H23ClFN3O3Si. The minimum atomic E-state index is -1.52. The lowest BCUT2D eigenvalue weighted by Gasteiger charge is -2.16. The van der Waals surface area contributed by atoms with Gasteiger partial charge in [-0.15, -0.1) is 5.54 Å². The van der Waals surface area contributed by atoms with E-state index in [1.54, 1.807) is 24.3 Å². The van der Waals surface area contributed by atoms with Crippen LogP contribution in [0.5, 0.6) is 5.75 Å². The van der Waals surface area contributed by atoms with E-state index in [1.807, 2.05) is 6.07 Å². The van der Waals surface area contributed by atoms with Gasteiger partial charge in [0, 0.05) is 22.3 Å². The summed E-state index contributed by atoms with van der Waals surface area (Å²) < 4.78 is 19.7. The third-order valence-corrected chi connectivity index (χ3v) is 5.93. The van der Waals surface area contributed by atoms with E-state index in [2.05, 4.69) is 41.7 Å². The number of halogens is 2. The highest BCUT2D eigenvalue weighted by Gasteiger charge is 2.22. The molecule has 0 aliphatic rings. The number of hydrogen-bond acceptors (Lipinski definition) is 4. The summed E-state index contributed by atoms with van der Waals surface area (Å²) in [6, 6.07) is 15.1. The molecule has 9 heteroatoms. The summed E-state index contributed by atoms with van der Waals surface area (Å²) in [5.74, 6) is 1.01. The van der Waals surface area contributed by atoms with Crippen LogP contribution < -0.4 is 15.4 Å². The second-order valence-corrected chi connectivity index (χ2v) is 14.0. The zero-order chi connectivity index (χ0) is 26.5. The van der Waals surface area contributed by atoms with E-state index >= 15 is 0 Å². The quantitative estimate of drug-likeness (QED) is 0.315. The van der Waals surface area contributed by atoms with Gasteiger partial charge in [-0.1, -0.05) is 37.2 Å². The van der Waals surface area contributed by atoms with Gasteiger partial charge in [-0.3, -0.25) is 9.59 Å². The normalized spacial score (nSPS) is 10.5. The topological polar surface area (TPSA) is 91.2 Å². The first kappa shape index (κ1) is 26.5. The average molecular weight is 520 g/mol. The second kappa shape index (κ2) is 11.1. The number of anilines is 2. The summed E-state index contributed by atoms with van der Waals surface area (Å²) >= 11 is 6.18. The van der Waals surface area contributed by atoms with Crippen LogP contribution in [0.25, 0.3) is 0 Å². The molecule has 0 atom stereocenters. The molecule has 3 rings (SSSR count). The Morgan fingerprint density at radius 1 is 0.944 bits per heavy atom. The molecule has 3 aromatic rings. The smallest absolute Gasteiger partial charge is 0.258 e. The molecule has 3 aromatic carbocycles. The molecule has 0 bridgehead atoms. The summed E-state index contributed by atoms with van der Waals surface area (Å²) in [5, 5.41) is 14.4. The van der Waals surface area contributed by atoms with Gasteiger partial charge in [-0.2, -0.15) is 5.26 Å². The standard InChI is InChI=1S/C27H23ClFN3O3Si/c1-35-24-15-19(28)14-22(25(24)32-26(33)21-10-7-18(16-30)13-23(21)29)27(34)31-20-8-5-17(6-9-20)11-12-36(2,3)4/h5-10,13-15H,1-4H3,(H,31,34)(H,32,33). The fourth-order valence-electron chi connectivity index (χ4n) is 3.10. The molecule has 0 unspecified atom stereocenters. The van der Waals surface area contributed by atoms with Crippen LogP contribution in [0.15, 0.2) is 54.6 Å². The highest BCUT2D eigenvalue weighted by atomic mass is 35.5. The van der Waals surface area contributed by atoms with E-state index in [0.29, 0.717) is 5.69 Å². The van der Waals surface area contributed by atoms with Gasteiger partial charge >= 0.3 is 0 Å². The predicted octanol–water partition coefficient (Wildman–Crippen LogP) is 6.09. The monoisotopic (exact) mass is 519 g/mol. The lowest BCUT2D eigenvalue weighted by molar-refractivity contribution is 0.102. The van der Waals surface area contributed by atoms with Crippen LogP contribution in [0.1, 0.15) is 31.8 Å². The maximum Gasteiger partial charge on any atom is 0.258 e. The van der Waals surface area contributed by atoms with Gasteiger partial charge in [-0.25, -0.2) is 4.39 Å². The van der Waals surface area contributed by atoms with Gasteiger partial charge in [0.25, 0.3) is 11.8 Å². The molecule has 0 aromatic heterocycles. The van der Waals surface area contributed by atoms with Crippen molar-refractivity contribution in [2.24, 2.45) is 0 Å². The van der Waals surface area contributed by atoms with Crippen molar-refractivity contribution in [2.75, 3.05) is 17.7 Å². The molecule has 2 N–H and O–H groups in total. The van der Waals surface area contributed by atoms with Crippen LogP contribution in [-0.4, -0.2) is 27.0 Å². The molecular weight excluding hydrogens is 497 g/mol. The van der Waals surface area contributed by atoms with Gasteiger partial charge in [0.15, 0.2) is 0 Å². The van der Waals surface area contributed by atoms with Crippen molar-refractivity contribution in [1.82, 2.24) is 0 Å². The maximum atomic E-state index is 14.4. The molecule has 0 aliphatic heterocycles. The van der Waals surface area contributed by atoms with E-state index in [-0.39, 0.29) is 33.1 Å². The zero-order valence-electron chi connectivity index (χ0n) is 20.1. The number of nitrogens with one attached hydrogen (secondary N) is 2. The Balaban J connectivity index is 1.90. The number of rotatable bonds is 5. The average Bonchev–Trinajstić information content (AvgIpc) is 2.83. The Kier molecular flexibility index (Phi) is 8.16. The van der Waals surface area contributed by atoms with E-state index in [1.165, 1.54) is 31.4 Å². The van der Waals surface area contributed by atoms with E-state index in [4.69, 9.17) is 21.6 Å². The lowest BCUT2D eigenvalue weighted by atomic mass is 10.1. The first-order valence-corrected chi connectivity index (χ1v) is 14.7. The number of carbonyl (C=O) groups excluding carboxylic acids is 2. The Labute approximate surface area is 215 Å². The van der Waals surface area contributed by atoms with Gasteiger partial charge in [-0.05, 0) is 48.5 Å². The first-order valence-electron chi connectivity index (χ1n) is 10.8. The van der Waals surface area contributed by atoms with Gasteiger partial charge in [0.2, 0.25) is 0 Å². The van der Waals surface area contributed by atoms with Crippen molar-refractivity contribution in [2.45, 2.75) is 19.6 Å². The van der Waals surface area contributed by atoms with Gasteiger partial charge in [0.05, 0.1) is 35.6 Å². The molecule has 0 fully saturated rings. The Hall–Kier alpha value is -4.11. The number of methoxy groups -OCH3 is 1. The third kappa shape index (κ3) is 6.73. The lowest BCUT2D eigenvalue weighted by Crippen LogP contribution is -2.20. The van der Waals surface area contributed by atoms with Crippen molar-refractivity contribution in [1.29, 1.82) is 5.26 Å². The summed E-state index contributed by atoms with van der Waals surface area (Å²) in [6.45, 7) is 6.46. The molecule has 0 spiro atoms. The molecule has 0 aliphatic carbocycles. The summed E-state index contributed by atoms with van der Waals surface area (Å²) in [4.78, 5) is 26.0. The van der Waals surface area contributed by atoms with Crippen molar-refractivity contribution >= 4 is 42.9 Å². The molecule has 2 amide bonds. The summed E-state index contributed by atoms with van der Waals surface area (Å²) in [7, 11) is -0.166. The molecule has 0 heterocycles. The van der Waals surface area contributed by atoms with Crippen molar-refractivity contribution in [3.05, 3.63) is 87.7 Å². The van der Waals surface area contributed by atoms with E-state index < -0.39 is 25.7 Å². The molecule has 0 radical (unpaired) electrons. The van der Waals surface area contributed by atoms with Crippen LogP contribution in [0.4, 0.5) is 15.8 Å². The molecule has 36 heavy (non-hydrogen) atoms. The van der Waals surface area contributed by atoms with Crippen LogP contribution in [0.2, 0.25) is 24.7 Å². The number of nitriles is 1. The molecule has 0 saturated heterocycles. The maximum absolute atomic E-state index is 14.4. The van der Waals surface area contributed by atoms with E-state index in [0.717, 1.165) is 11.6 Å². The van der Waals surface area contributed by atoms with Crippen molar-refractivity contribution in [3.63, 3.8) is 0 Å². The fourth-order valence-corrected chi connectivity index (χ4v) is 3.82. The SMILES string of the molecule is COc1cc(Cl)cc(C(=O)Nc2ccc(C#C[Si](C)(C)C)cc2)c1NC(=O)c1ccc(C#N)cc1F.